The topological polar surface area (TPSA) is 58.2 Å². The zero-order chi connectivity index (χ0) is 12.7. The molecule has 0 bridgehead atoms. The molecule has 0 aromatic rings. The van der Waals surface area contributed by atoms with E-state index in [2.05, 4.69) is 10.0 Å². The van der Waals surface area contributed by atoms with Crippen LogP contribution in [0.1, 0.15) is 39.5 Å². The van der Waals surface area contributed by atoms with Crippen LogP contribution in [0, 0.1) is 11.8 Å². The molecule has 0 spiro atoms. The Morgan fingerprint density at radius 1 is 1.39 bits per heavy atom. The smallest absolute Gasteiger partial charge is 0.211 e. The molecule has 0 saturated carbocycles. The second-order valence-corrected chi connectivity index (χ2v) is 7.32. The van der Waals surface area contributed by atoms with Gasteiger partial charge in [-0.1, -0.05) is 13.8 Å². The summed E-state index contributed by atoms with van der Waals surface area (Å²) in [7, 11) is -3.05. The van der Waals surface area contributed by atoms with Crippen LogP contribution in [0.3, 0.4) is 0 Å². The van der Waals surface area contributed by atoms with Gasteiger partial charge in [-0.3, -0.25) is 0 Å². The third-order valence-corrected chi connectivity index (χ3v) is 4.65. The van der Waals surface area contributed by atoms with E-state index in [1.54, 1.807) is 0 Å². The number of hydrogen-bond acceptors (Lipinski definition) is 3. The first-order chi connectivity index (χ1) is 7.99. The second kappa shape index (κ2) is 9.13. The first-order valence-electron chi connectivity index (χ1n) is 6.67. The third kappa shape index (κ3) is 8.29. The molecule has 1 atom stereocenters. The fourth-order valence-corrected chi connectivity index (χ4v) is 3.41. The van der Waals surface area contributed by atoms with Crippen LogP contribution in [0.4, 0.5) is 0 Å². The predicted octanol–water partition coefficient (Wildman–Crippen LogP) is 1.76. The molecule has 0 amide bonds. The lowest BCUT2D eigenvalue weighted by atomic mass is 9.96. The van der Waals surface area contributed by atoms with Crippen LogP contribution in [0.2, 0.25) is 0 Å². The van der Waals surface area contributed by atoms with Gasteiger partial charge in [0.15, 0.2) is 0 Å². The highest BCUT2D eigenvalue weighted by Gasteiger charge is 2.15. The van der Waals surface area contributed by atoms with Crippen LogP contribution < -0.4 is 10.0 Å². The van der Waals surface area contributed by atoms with E-state index in [9.17, 15) is 8.42 Å². The molecule has 1 heterocycles. The Balaban J connectivity index is 0.00000289. The van der Waals surface area contributed by atoms with Crippen LogP contribution in [0.5, 0.6) is 0 Å². The SMILES string of the molecule is CC(C)CCS(=O)(=O)NCCC1CCCNC1.Cl. The first kappa shape index (κ1) is 18.2. The Bertz CT molecular complexity index is 301. The van der Waals surface area contributed by atoms with Gasteiger partial charge in [0.05, 0.1) is 5.75 Å². The van der Waals surface area contributed by atoms with Crippen LogP contribution in [0.15, 0.2) is 0 Å². The van der Waals surface area contributed by atoms with Gasteiger partial charge in [0.2, 0.25) is 10.0 Å². The summed E-state index contributed by atoms with van der Waals surface area (Å²) in [5.74, 6) is 1.33. The van der Waals surface area contributed by atoms with E-state index in [0.717, 1.165) is 25.9 Å². The third-order valence-electron chi connectivity index (χ3n) is 3.24. The summed E-state index contributed by atoms with van der Waals surface area (Å²) < 4.78 is 26.0. The van der Waals surface area contributed by atoms with Gasteiger partial charge in [0, 0.05) is 6.54 Å². The van der Waals surface area contributed by atoms with Crippen molar-refractivity contribution in [3.63, 3.8) is 0 Å². The average Bonchev–Trinajstić information content (AvgIpc) is 2.28. The van der Waals surface area contributed by atoms with E-state index in [1.807, 2.05) is 13.8 Å². The minimum Gasteiger partial charge on any atom is -0.316 e. The quantitative estimate of drug-likeness (QED) is 0.753. The maximum Gasteiger partial charge on any atom is 0.211 e. The lowest BCUT2D eigenvalue weighted by molar-refractivity contribution is 0.358. The van der Waals surface area contributed by atoms with Crippen molar-refractivity contribution in [2.75, 3.05) is 25.4 Å². The molecule has 18 heavy (non-hydrogen) atoms. The molecular formula is C12H27ClN2O2S. The van der Waals surface area contributed by atoms with Crippen LogP contribution in [0.25, 0.3) is 0 Å². The molecule has 4 nitrogen and oxygen atoms in total. The number of rotatable bonds is 7. The normalized spacial score (nSPS) is 20.7. The number of halogens is 1. The molecule has 1 unspecified atom stereocenters. The van der Waals surface area contributed by atoms with Gasteiger partial charge in [-0.15, -0.1) is 12.4 Å². The highest BCUT2D eigenvalue weighted by Crippen LogP contribution is 2.13. The summed E-state index contributed by atoms with van der Waals surface area (Å²) in [5, 5.41) is 3.35. The molecule has 0 aromatic heterocycles. The van der Waals surface area contributed by atoms with Crippen molar-refractivity contribution in [3.8, 4) is 0 Å². The lowest BCUT2D eigenvalue weighted by Crippen LogP contribution is -2.34. The standard InChI is InChI=1S/C12H26N2O2S.ClH/c1-11(2)6-9-17(15,16)14-8-5-12-4-3-7-13-10-12;/h11-14H,3-10H2,1-2H3;1H. The predicted molar refractivity (Wildman–Crippen MR) is 78.7 cm³/mol. The first-order valence-corrected chi connectivity index (χ1v) is 8.33. The zero-order valence-electron chi connectivity index (χ0n) is 11.4. The van der Waals surface area contributed by atoms with E-state index < -0.39 is 10.0 Å². The highest BCUT2D eigenvalue weighted by atomic mass is 35.5. The minimum atomic E-state index is -3.05. The van der Waals surface area contributed by atoms with Gasteiger partial charge >= 0.3 is 0 Å². The van der Waals surface area contributed by atoms with Gasteiger partial charge < -0.3 is 5.32 Å². The van der Waals surface area contributed by atoms with Crippen molar-refractivity contribution in [1.82, 2.24) is 10.0 Å². The van der Waals surface area contributed by atoms with Crippen molar-refractivity contribution in [1.29, 1.82) is 0 Å². The van der Waals surface area contributed by atoms with Crippen molar-refractivity contribution in [3.05, 3.63) is 0 Å². The fraction of sp³-hybridized carbons (Fsp3) is 1.00. The molecule has 1 aliphatic rings. The van der Waals surface area contributed by atoms with Gasteiger partial charge in [-0.2, -0.15) is 0 Å². The fourth-order valence-electron chi connectivity index (χ4n) is 2.05. The summed E-state index contributed by atoms with van der Waals surface area (Å²) in [6.45, 7) is 6.82. The van der Waals surface area contributed by atoms with Crippen molar-refractivity contribution in [2.45, 2.75) is 39.5 Å². The Kier molecular flexibility index (Phi) is 9.21. The van der Waals surface area contributed by atoms with Crippen molar-refractivity contribution >= 4 is 22.4 Å². The molecule has 1 saturated heterocycles. The van der Waals surface area contributed by atoms with E-state index in [4.69, 9.17) is 0 Å². The Labute approximate surface area is 118 Å². The van der Waals surface area contributed by atoms with Crippen molar-refractivity contribution in [2.24, 2.45) is 11.8 Å². The molecule has 1 fully saturated rings. The Morgan fingerprint density at radius 3 is 2.67 bits per heavy atom. The maximum atomic E-state index is 11.6. The number of hydrogen-bond donors (Lipinski definition) is 2. The van der Waals surface area contributed by atoms with Crippen LogP contribution >= 0.6 is 12.4 Å². The Hall–Kier alpha value is 0.160. The second-order valence-electron chi connectivity index (χ2n) is 5.40. The minimum absolute atomic E-state index is 0. The number of nitrogens with one attached hydrogen (secondary N) is 2. The number of sulfonamides is 1. The monoisotopic (exact) mass is 298 g/mol. The summed E-state index contributed by atoms with van der Waals surface area (Å²) in [4.78, 5) is 0. The average molecular weight is 299 g/mol. The summed E-state index contributed by atoms with van der Waals surface area (Å²) in [6.07, 6.45) is 4.12. The summed E-state index contributed by atoms with van der Waals surface area (Å²) in [5.41, 5.74) is 0. The van der Waals surface area contributed by atoms with Crippen LogP contribution in [-0.4, -0.2) is 33.8 Å². The molecule has 0 aromatic carbocycles. The largest absolute Gasteiger partial charge is 0.316 e. The van der Waals surface area contributed by atoms with Gasteiger partial charge in [-0.05, 0) is 50.6 Å². The highest BCUT2D eigenvalue weighted by molar-refractivity contribution is 7.89. The van der Waals surface area contributed by atoms with E-state index in [1.165, 1.54) is 12.8 Å². The molecule has 1 aliphatic heterocycles. The Morgan fingerprint density at radius 2 is 2.11 bits per heavy atom. The van der Waals surface area contributed by atoms with Gasteiger partial charge in [0.25, 0.3) is 0 Å². The van der Waals surface area contributed by atoms with Gasteiger partial charge in [-0.25, -0.2) is 13.1 Å². The molecule has 6 heteroatoms. The summed E-state index contributed by atoms with van der Waals surface area (Å²) >= 11 is 0. The molecular weight excluding hydrogens is 272 g/mol. The summed E-state index contributed by atoms with van der Waals surface area (Å²) in [6, 6.07) is 0. The lowest BCUT2D eigenvalue weighted by Gasteiger charge is -2.22. The molecule has 0 radical (unpaired) electrons. The molecule has 2 N–H and O–H groups in total. The van der Waals surface area contributed by atoms with E-state index >= 15 is 0 Å². The molecule has 0 aliphatic carbocycles. The zero-order valence-corrected chi connectivity index (χ0v) is 13.1. The molecule has 1 rings (SSSR count). The van der Waals surface area contributed by atoms with E-state index in [0.29, 0.717) is 18.4 Å². The molecule has 110 valence electrons. The number of piperidine rings is 1. The van der Waals surface area contributed by atoms with Crippen molar-refractivity contribution < 1.29 is 8.42 Å². The van der Waals surface area contributed by atoms with Crippen LogP contribution in [-0.2, 0) is 10.0 Å². The van der Waals surface area contributed by atoms with E-state index in [-0.39, 0.29) is 18.2 Å². The maximum absolute atomic E-state index is 11.6. The van der Waals surface area contributed by atoms with Gasteiger partial charge in [0.1, 0.15) is 0 Å².